The molecule has 3 N–H and O–H groups in total. The monoisotopic (exact) mass is 256 g/mol. The van der Waals surface area contributed by atoms with Crippen molar-refractivity contribution in [2.45, 2.75) is 13.0 Å². The van der Waals surface area contributed by atoms with Gasteiger partial charge < -0.3 is 15.8 Å². The highest BCUT2D eigenvalue weighted by Gasteiger charge is 2.11. The molecule has 0 aliphatic heterocycles. The molecule has 100 valence electrons. The van der Waals surface area contributed by atoms with Crippen molar-refractivity contribution in [2.75, 3.05) is 19.0 Å². The van der Waals surface area contributed by atoms with Gasteiger partial charge in [-0.1, -0.05) is 30.3 Å². The van der Waals surface area contributed by atoms with Gasteiger partial charge in [-0.15, -0.1) is 0 Å². The predicted molar refractivity (Wildman–Crippen MR) is 79.6 cm³/mol. The summed E-state index contributed by atoms with van der Waals surface area (Å²) in [6, 6.07) is 16.3. The number of anilines is 1. The van der Waals surface area contributed by atoms with E-state index in [9.17, 15) is 0 Å². The molecule has 0 aliphatic carbocycles. The van der Waals surface area contributed by atoms with Gasteiger partial charge in [-0.05, 0) is 36.2 Å². The zero-order valence-corrected chi connectivity index (χ0v) is 11.4. The van der Waals surface area contributed by atoms with Crippen LogP contribution >= 0.6 is 0 Å². The van der Waals surface area contributed by atoms with Gasteiger partial charge in [0.1, 0.15) is 5.75 Å². The molecule has 1 atom stereocenters. The Morgan fingerprint density at radius 1 is 1.16 bits per heavy atom. The Morgan fingerprint density at radius 2 is 1.95 bits per heavy atom. The molecule has 0 saturated heterocycles. The Morgan fingerprint density at radius 3 is 2.63 bits per heavy atom. The number of nitrogens with two attached hydrogens (primary N) is 1. The van der Waals surface area contributed by atoms with Gasteiger partial charge in [0.05, 0.1) is 13.2 Å². The van der Waals surface area contributed by atoms with Crippen molar-refractivity contribution >= 4 is 5.69 Å². The van der Waals surface area contributed by atoms with Crippen LogP contribution in [0.5, 0.6) is 5.75 Å². The number of ether oxygens (including phenoxy) is 1. The summed E-state index contributed by atoms with van der Waals surface area (Å²) >= 11 is 0. The van der Waals surface area contributed by atoms with E-state index in [0.29, 0.717) is 6.54 Å². The van der Waals surface area contributed by atoms with Crippen molar-refractivity contribution in [2.24, 2.45) is 5.73 Å². The van der Waals surface area contributed by atoms with E-state index in [1.165, 1.54) is 5.56 Å². The normalized spacial score (nSPS) is 11.9. The molecule has 0 heterocycles. The molecule has 0 spiro atoms. The summed E-state index contributed by atoms with van der Waals surface area (Å²) in [6.07, 6.45) is 0. The van der Waals surface area contributed by atoms with Gasteiger partial charge in [0.2, 0.25) is 0 Å². The molecule has 0 radical (unpaired) electrons. The topological polar surface area (TPSA) is 47.3 Å². The lowest BCUT2D eigenvalue weighted by atomic mass is 10.1. The maximum Gasteiger partial charge on any atom is 0.119 e. The standard InChI is InChI=1S/C16H20N2O/c1-12-6-3-4-9-15(12)18-16(11-17)13-7-5-8-14(10-13)19-2/h3-10,16,18H,11,17H2,1-2H3. The van der Waals surface area contributed by atoms with Gasteiger partial charge >= 0.3 is 0 Å². The minimum atomic E-state index is 0.0798. The lowest BCUT2D eigenvalue weighted by Gasteiger charge is -2.20. The van der Waals surface area contributed by atoms with Gasteiger partial charge in [-0.2, -0.15) is 0 Å². The number of hydrogen-bond donors (Lipinski definition) is 2. The molecule has 2 rings (SSSR count). The fourth-order valence-corrected chi connectivity index (χ4v) is 2.06. The van der Waals surface area contributed by atoms with E-state index in [2.05, 4.69) is 30.4 Å². The lowest BCUT2D eigenvalue weighted by Crippen LogP contribution is -2.21. The van der Waals surface area contributed by atoms with Crippen LogP contribution in [0.4, 0.5) is 5.69 Å². The summed E-state index contributed by atoms with van der Waals surface area (Å²) in [5.74, 6) is 0.850. The SMILES string of the molecule is COc1cccc(C(CN)Nc2ccccc2C)c1. The molecular formula is C16H20N2O. The summed E-state index contributed by atoms with van der Waals surface area (Å²) in [5, 5.41) is 3.48. The Hall–Kier alpha value is -2.00. The van der Waals surface area contributed by atoms with Crippen LogP contribution in [0.15, 0.2) is 48.5 Å². The summed E-state index contributed by atoms with van der Waals surface area (Å²) in [4.78, 5) is 0. The van der Waals surface area contributed by atoms with E-state index in [1.54, 1.807) is 7.11 Å². The minimum absolute atomic E-state index is 0.0798. The molecule has 0 aromatic heterocycles. The maximum atomic E-state index is 5.89. The van der Waals surface area contributed by atoms with Crippen molar-refractivity contribution in [3.8, 4) is 5.75 Å². The van der Waals surface area contributed by atoms with Crippen LogP contribution in [-0.2, 0) is 0 Å². The zero-order chi connectivity index (χ0) is 13.7. The van der Waals surface area contributed by atoms with Gasteiger partial charge in [-0.3, -0.25) is 0 Å². The van der Waals surface area contributed by atoms with E-state index >= 15 is 0 Å². The molecule has 19 heavy (non-hydrogen) atoms. The molecule has 0 fully saturated rings. The molecule has 0 aliphatic rings. The average molecular weight is 256 g/mol. The lowest BCUT2D eigenvalue weighted by molar-refractivity contribution is 0.414. The second-order valence-electron chi connectivity index (χ2n) is 4.52. The molecule has 1 unspecified atom stereocenters. The van der Waals surface area contributed by atoms with Gasteiger partial charge in [0.15, 0.2) is 0 Å². The highest BCUT2D eigenvalue weighted by Crippen LogP contribution is 2.24. The summed E-state index contributed by atoms with van der Waals surface area (Å²) in [6.45, 7) is 2.61. The van der Waals surface area contributed by atoms with Gasteiger partial charge in [0, 0.05) is 12.2 Å². The van der Waals surface area contributed by atoms with Crippen LogP contribution in [0.2, 0.25) is 0 Å². The first kappa shape index (κ1) is 13.4. The number of benzene rings is 2. The first-order valence-corrected chi connectivity index (χ1v) is 6.40. The maximum absolute atomic E-state index is 5.89. The Balaban J connectivity index is 2.22. The van der Waals surface area contributed by atoms with Crippen LogP contribution in [0.3, 0.4) is 0 Å². The smallest absolute Gasteiger partial charge is 0.119 e. The number of aryl methyl sites for hydroxylation is 1. The molecular weight excluding hydrogens is 236 g/mol. The predicted octanol–water partition coefficient (Wildman–Crippen LogP) is 3.12. The van der Waals surface area contributed by atoms with Crippen LogP contribution in [0.1, 0.15) is 17.2 Å². The fraction of sp³-hybridized carbons (Fsp3) is 0.250. The van der Waals surface area contributed by atoms with Crippen molar-refractivity contribution in [3.63, 3.8) is 0 Å². The summed E-state index contributed by atoms with van der Waals surface area (Å²) in [7, 11) is 1.67. The molecule has 3 heteroatoms. The van der Waals surface area contributed by atoms with Crippen LogP contribution in [0.25, 0.3) is 0 Å². The Labute approximate surface area is 114 Å². The minimum Gasteiger partial charge on any atom is -0.497 e. The largest absolute Gasteiger partial charge is 0.497 e. The Kier molecular flexibility index (Phi) is 4.42. The highest BCUT2D eigenvalue weighted by molar-refractivity contribution is 5.52. The third kappa shape index (κ3) is 3.26. The average Bonchev–Trinajstić information content (AvgIpc) is 2.46. The van der Waals surface area contributed by atoms with Crippen molar-refractivity contribution in [3.05, 3.63) is 59.7 Å². The van der Waals surface area contributed by atoms with Gasteiger partial charge in [-0.25, -0.2) is 0 Å². The van der Waals surface area contributed by atoms with E-state index in [0.717, 1.165) is 17.0 Å². The van der Waals surface area contributed by atoms with Crippen molar-refractivity contribution in [1.29, 1.82) is 0 Å². The molecule has 3 nitrogen and oxygen atoms in total. The second kappa shape index (κ2) is 6.25. The first-order chi connectivity index (χ1) is 9.24. The third-order valence-corrected chi connectivity index (χ3v) is 3.21. The second-order valence-corrected chi connectivity index (χ2v) is 4.52. The summed E-state index contributed by atoms with van der Waals surface area (Å²) < 4.78 is 5.25. The number of para-hydroxylation sites is 1. The molecule has 0 saturated carbocycles. The number of hydrogen-bond acceptors (Lipinski definition) is 3. The van der Waals surface area contributed by atoms with Crippen LogP contribution in [0, 0.1) is 6.92 Å². The first-order valence-electron chi connectivity index (χ1n) is 6.40. The third-order valence-electron chi connectivity index (χ3n) is 3.21. The number of nitrogens with one attached hydrogen (secondary N) is 1. The van der Waals surface area contributed by atoms with E-state index in [-0.39, 0.29) is 6.04 Å². The molecule has 0 bridgehead atoms. The van der Waals surface area contributed by atoms with Crippen LogP contribution in [-0.4, -0.2) is 13.7 Å². The highest BCUT2D eigenvalue weighted by atomic mass is 16.5. The van der Waals surface area contributed by atoms with Gasteiger partial charge in [0.25, 0.3) is 0 Å². The number of methoxy groups -OCH3 is 1. The van der Waals surface area contributed by atoms with E-state index in [1.807, 2.05) is 30.3 Å². The molecule has 2 aromatic rings. The summed E-state index contributed by atoms with van der Waals surface area (Å²) in [5.41, 5.74) is 9.34. The molecule has 2 aromatic carbocycles. The molecule has 0 amide bonds. The van der Waals surface area contributed by atoms with E-state index in [4.69, 9.17) is 10.5 Å². The van der Waals surface area contributed by atoms with Crippen LogP contribution < -0.4 is 15.8 Å². The number of rotatable bonds is 5. The Bertz CT molecular complexity index is 540. The van der Waals surface area contributed by atoms with Crippen molar-refractivity contribution < 1.29 is 4.74 Å². The van der Waals surface area contributed by atoms with E-state index < -0.39 is 0 Å². The zero-order valence-electron chi connectivity index (χ0n) is 11.4. The quantitative estimate of drug-likeness (QED) is 0.864. The fourth-order valence-electron chi connectivity index (χ4n) is 2.06. The van der Waals surface area contributed by atoms with Crippen molar-refractivity contribution in [1.82, 2.24) is 0 Å².